The Labute approximate surface area is 125 Å². The van der Waals surface area contributed by atoms with Crippen molar-refractivity contribution in [2.75, 3.05) is 33.2 Å². The van der Waals surface area contributed by atoms with E-state index in [1.54, 1.807) is 4.90 Å². The Balaban J connectivity index is 1.75. The third kappa shape index (κ3) is 4.86. The van der Waals surface area contributed by atoms with E-state index >= 15 is 0 Å². The molecule has 2 amide bonds. The minimum absolute atomic E-state index is 0.0600. The monoisotopic (exact) mass is 289 g/mol. The van der Waals surface area contributed by atoms with Crippen LogP contribution in [0.1, 0.15) is 17.5 Å². The van der Waals surface area contributed by atoms with Crippen molar-refractivity contribution in [1.82, 2.24) is 15.1 Å². The van der Waals surface area contributed by atoms with E-state index in [0.29, 0.717) is 19.6 Å². The highest BCUT2D eigenvalue weighted by Crippen LogP contribution is 2.04. The molecule has 114 valence electrons. The minimum atomic E-state index is -0.208. The summed E-state index contributed by atoms with van der Waals surface area (Å²) in [4.78, 5) is 27.8. The van der Waals surface area contributed by atoms with Gasteiger partial charge in [-0.3, -0.25) is 9.59 Å². The number of piperazine rings is 1. The summed E-state index contributed by atoms with van der Waals surface area (Å²) < 4.78 is 0. The number of nitrogens with zero attached hydrogens (tertiary/aromatic N) is 2. The first kappa shape index (κ1) is 15.5. The van der Waals surface area contributed by atoms with Crippen molar-refractivity contribution in [3.63, 3.8) is 0 Å². The van der Waals surface area contributed by atoms with Crippen molar-refractivity contribution in [2.24, 2.45) is 0 Å². The fourth-order valence-electron chi connectivity index (χ4n) is 2.39. The molecule has 1 N–H and O–H groups in total. The van der Waals surface area contributed by atoms with Gasteiger partial charge in [0.15, 0.2) is 0 Å². The van der Waals surface area contributed by atoms with Gasteiger partial charge in [-0.05, 0) is 19.5 Å². The lowest BCUT2D eigenvalue weighted by Gasteiger charge is -2.32. The molecule has 0 unspecified atom stereocenters. The van der Waals surface area contributed by atoms with Gasteiger partial charge >= 0.3 is 0 Å². The Morgan fingerprint density at radius 1 is 1.19 bits per heavy atom. The second kappa shape index (κ2) is 7.22. The second-order valence-electron chi connectivity index (χ2n) is 5.63. The third-order valence-corrected chi connectivity index (χ3v) is 3.74. The van der Waals surface area contributed by atoms with Crippen molar-refractivity contribution < 1.29 is 9.59 Å². The number of carbonyl (C=O) groups is 2. The molecule has 0 spiro atoms. The average Bonchev–Trinajstić information content (AvgIpc) is 2.46. The maximum atomic E-state index is 12.0. The molecular weight excluding hydrogens is 266 g/mol. The van der Waals surface area contributed by atoms with E-state index in [9.17, 15) is 9.59 Å². The number of hydrogen-bond donors (Lipinski definition) is 1. The molecule has 21 heavy (non-hydrogen) atoms. The van der Waals surface area contributed by atoms with Crippen LogP contribution in [0.4, 0.5) is 0 Å². The Morgan fingerprint density at radius 3 is 2.57 bits per heavy atom. The lowest BCUT2D eigenvalue weighted by Crippen LogP contribution is -2.48. The van der Waals surface area contributed by atoms with E-state index < -0.39 is 0 Å². The van der Waals surface area contributed by atoms with Crippen molar-refractivity contribution in [3.05, 3.63) is 35.4 Å². The molecule has 0 bridgehead atoms. The zero-order valence-corrected chi connectivity index (χ0v) is 12.8. The molecule has 5 heteroatoms. The number of amides is 2. The van der Waals surface area contributed by atoms with Crippen LogP contribution in [0.25, 0.3) is 0 Å². The van der Waals surface area contributed by atoms with Crippen LogP contribution in [0, 0.1) is 6.92 Å². The van der Waals surface area contributed by atoms with Gasteiger partial charge < -0.3 is 15.1 Å². The van der Waals surface area contributed by atoms with E-state index in [2.05, 4.69) is 10.2 Å². The molecule has 1 heterocycles. The van der Waals surface area contributed by atoms with Crippen molar-refractivity contribution in [1.29, 1.82) is 0 Å². The molecular formula is C16H23N3O2. The van der Waals surface area contributed by atoms with E-state index in [1.165, 1.54) is 0 Å². The van der Waals surface area contributed by atoms with Gasteiger partial charge in [-0.25, -0.2) is 0 Å². The zero-order valence-electron chi connectivity index (χ0n) is 12.8. The number of benzene rings is 1. The molecule has 2 rings (SSSR count). The van der Waals surface area contributed by atoms with Crippen LogP contribution < -0.4 is 5.32 Å². The molecule has 1 aliphatic heterocycles. The quantitative estimate of drug-likeness (QED) is 0.833. The smallest absolute Gasteiger partial charge is 0.232 e. The number of likely N-dealkylation sites (N-methyl/N-ethyl adjacent to an activating group) is 1. The first-order valence-electron chi connectivity index (χ1n) is 7.33. The fourth-order valence-corrected chi connectivity index (χ4v) is 2.39. The zero-order chi connectivity index (χ0) is 15.2. The number of carbonyl (C=O) groups excluding carboxylic acids is 2. The summed E-state index contributed by atoms with van der Waals surface area (Å²) in [6.45, 7) is 5.65. The summed E-state index contributed by atoms with van der Waals surface area (Å²) in [6.07, 6.45) is -0.0600. The largest absolute Gasteiger partial charge is 0.352 e. The molecule has 1 fully saturated rings. The molecule has 1 aliphatic rings. The number of nitrogens with one attached hydrogen (secondary N) is 1. The molecule has 1 aromatic carbocycles. The molecule has 0 aromatic heterocycles. The summed E-state index contributed by atoms with van der Waals surface area (Å²) in [7, 11) is 2.04. The maximum absolute atomic E-state index is 12.0. The standard InChI is InChI=1S/C16H23N3O2/c1-13-4-3-5-14(10-13)12-17-15(20)11-16(21)19-8-6-18(2)7-9-19/h3-5,10H,6-9,11-12H2,1-2H3,(H,17,20). The number of aryl methyl sites for hydroxylation is 1. The molecule has 0 radical (unpaired) electrons. The summed E-state index contributed by atoms with van der Waals surface area (Å²) in [5, 5.41) is 2.81. The lowest BCUT2D eigenvalue weighted by molar-refractivity contribution is -0.137. The van der Waals surface area contributed by atoms with Gasteiger partial charge in [0.05, 0.1) is 0 Å². The minimum Gasteiger partial charge on any atom is -0.352 e. The van der Waals surface area contributed by atoms with Crippen LogP contribution in [-0.2, 0) is 16.1 Å². The van der Waals surface area contributed by atoms with Crippen LogP contribution in [0.15, 0.2) is 24.3 Å². The van der Waals surface area contributed by atoms with Crippen LogP contribution in [-0.4, -0.2) is 54.8 Å². The van der Waals surface area contributed by atoms with Gasteiger partial charge in [-0.1, -0.05) is 29.8 Å². The topological polar surface area (TPSA) is 52.7 Å². The summed E-state index contributed by atoms with van der Waals surface area (Å²) in [5.74, 6) is -0.287. The second-order valence-corrected chi connectivity index (χ2v) is 5.63. The summed E-state index contributed by atoms with van der Waals surface area (Å²) >= 11 is 0. The van der Waals surface area contributed by atoms with Gasteiger partial charge in [0, 0.05) is 32.7 Å². The van der Waals surface area contributed by atoms with Gasteiger partial charge in [-0.15, -0.1) is 0 Å². The van der Waals surface area contributed by atoms with E-state index in [4.69, 9.17) is 0 Å². The van der Waals surface area contributed by atoms with Crippen LogP contribution in [0.5, 0.6) is 0 Å². The predicted molar refractivity (Wildman–Crippen MR) is 81.7 cm³/mol. The third-order valence-electron chi connectivity index (χ3n) is 3.74. The van der Waals surface area contributed by atoms with E-state index in [-0.39, 0.29) is 18.2 Å². The first-order valence-corrected chi connectivity index (χ1v) is 7.33. The van der Waals surface area contributed by atoms with Gasteiger partial charge in [-0.2, -0.15) is 0 Å². The molecule has 5 nitrogen and oxygen atoms in total. The molecule has 0 saturated carbocycles. The normalized spacial score (nSPS) is 15.8. The first-order chi connectivity index (χ1) is 10.0. The fraction of sp³-hybridized carbons (Fsp3) is 0.500. The molecule has 0 atom stereocenters. The van der Waals surface area contributed by atoms with Crippen molar-refractivity contribution >= 4 is 11.8 Å². The van der Waals surface area contributed by atoms with Crippen LogP contribution >= 0.6 is 0 Å². The lowest BCUT2D eigenvalue weighted by atomic mass is 10.1. The van der Waals surface area contributed by atoms with Gasteiger partial charge in [0.1, 0.15) is 6.42 Å². The highest BCUT2D eigenvalue weighted by atomic mass is 16.2. The van der Waals surface area contributed by atoms with Crippen molar-refractivity contribution in [2.45, 2.75) is 19.9 Å². The number of hydrogen-bond acceptors (Lipinski definition) is 3. The Hall–Kier alpha value is -1.88. The molecule has 1 aromatic rings. The summed E-state index contributed by atoms with van der Waals surface area (Å²) in [6, 6.07) is 7.98. The summed E-state index contributed by atoms with van der Waals surface area (Å²) in [5.41, 5.74) is 2.21. The molecule has 0 aliphatic carbocycles. The van der Waals surface area contributed by atoms with E-state index in [1.807, 2.05) is 38.2 Å². The van der Waals surface area contributed by atoms with Crippen molar-refractivity contribution in [3.8, 4) is 0 Å². The highest BCUT2D eigenvalue weighted by Gasteiger charge is 2.20. The Bertz CT molecular complexity index is 508. The molecule has 1 saturated heterocycles. The Morgan fingerprint density at radius 2 is 1.90 bits per heavy atom. The maximum Gasteiger partial charge on any atom is 0.232 e. The highest BCUT2D eigenvalue weighted by molar-refractivity contribution is 5.96. The number of rotatable bonds is 4. The van der Waals surface area contributed by atoms with Crippen LogP contribution in [0.3, 0.4) is 0 Å². The SMILES string of the molecule is Cc1cccc(CNC(=O)CC(=O)N2CCN(C)CC2)c1. The van der Waals surface area contributed by atoms with Crippen LogP contribution in [0.2, 0.25) is 0 Å². The Kier molecular flexibility index (Phi) is 5.33. The van der Waals surface area contributed by atoms with Gasteiger partial charge in [0.2, 0.25) is 11.8 Å². The average molecular weight is 289 g/mol. The predicted octanol–water partition coefficient (Wildman–Crippen LogP) is 0.775. The van der Waals surface area contributed by atoms with E-state index in [0.717, 1.165) is 24.2 Å². The van der Waals surface area contributed by atoms with Gasteiger partial charge in [0.25, 0.3) is 0 Å².